The molecule has 1 saturated heterocycles. The summed E-state index contributed by atoms with van der Waals surface area (Å²) in [5.41, 5.74) is -0.110. The number of ether oxygens (including phenoxy) is 1. The molecule has 1 aromatic rings. The van der Waals surface area contributed by atoms with Gasteiger partial charge >= 0.3 is 7.12 Å². The minimum Gasteiger partial charge on any atom is -0.477 e. The van der Waals surface area contributed by atoms with Crippen LogP contribution >= 0.6 is 0 Å². The molecule has 6 heteroatoms. The van der Waals surface area contributed by atoms with Crippen LogP contribution in [0.5, 0.6) is 5.88 Å². The highest BCUT2D eigenvalue weighted by Gasteiger charge is 2.52. The Kier molecular flexibility index (Phi) is 3.34. The summed E-state index contributed by atoms with van der Waals surface area (Å²) < 4.78 is 17.1. The molecule has 1 aliphatic heterocycles. The van der Waals surface area contributed by atoms with Gasteiger partial charge in [-0.15, -0.1) is 0 Å². The minimum atomic E-state index is -0.497. The van der Waals surface area contributed by atoms with E-state index in [1.165, 1.54) is 0 Å². The fraction of sp³-hybridized carbons (Fsp3) is 0.667. The van der Waals surface area contributed by atoms with Gasteiger partial charge in [0, 0.05) is 6.20 Å². The summed E-state index contributed by atoms with van der Waals surface area (Å²) in [5.74, 6) is 0.490. The van der Waals surface area contributed by atoms with Crippen molar-refractivity contribution in [2.75, 3.05) is 6.61 Å². The maximum absolute atomic E-state index is 5.90. The largest absolute Gasteiger partial charge is 0.516 e. The van der Waals surface area contributed by atoms with Gasteiger partial charge in [-0.3, -0.25) is 4.98 Å². The van der Waals surface area contributed by atoms with Crippen LogP contribution in [0.25, 0.3) is 0 Å². The van der Waals surface area contributed by atoms with E-state index >= 15 is 0 Å². The molecule has 1 fully saturated rings. The zero-order valence-electron chi connectivity index (χ0n) is 11.6. The molecule has 0 aliphatic carbocycles. The smallest absolute Gasteiger partial charge is 0.477 e. The van der Waals surface area contributed by atoms with Crippen molar-refractivity contribution in [1.82, 2.24) is 9.97 Å². The predicted molar refractivity (Wildman–Crippen MR) is 68.9 cm³/mol. The van der Waals surface area contributed by atoms with E-state index in [1.807, 2.05) is 34.6 Å². The van der Waals surface area contributed by atoms with Crippen molar-refractivity contribution in [1.29, 1.82) is 0 Å². The number of hydrogen-bond donors (Lipinski definition) is 0. The van der Waals surface area contributed by atoms with E-state index in [1.54, 1.807) is 12.4 Å². The normalized spacial score (nSPS) is 21.1. The van der Waals surface area contributed by atoms with E-state index in [4.69, 9.17) is 14.0 Å². The first kappa shape index (κ1) is 13.3. The second-order valence-electron chi connectivity index (χ2n) is 5.30. The maximum atomic E-state index is 5.90. The molecule has 1 aliphatic rings. The summed E-state index contributed by atoms with van der Waals surface area (Å²) in [6, 6.07) is 0. The minimum absolute atomic E-state index is 0.374. The quantitative estimate of drug-likeness (QED) is 0.754. The van der Waals surface area contributed by atoms with Gasteiger partial charge in [-0.25, -0.2) is 4.98 Å². The van der Waals surface area contributed by atoms with Crippen molar-refractivity contribution in [2.24, 2.45) is 0 Å². The molecule has 0 N–H and O–H groups in total. The zero-order valence-corrected chi connectivity index (χ0v) is 11.6. The predicted octanol–water partition coefficient (Wildman–Crippen LogP) is 1.17. The first-order valence-corrected chi connectivity index (χ1v) is 6.16. The van der Waals surface area contributed by atoms with Crippen molar-refractivity contribution in [3.8, 4) is 5.88 Å². The molecule has 0 saturated carbocycles. The van der Waals surface area contributed by atoms with Gasteiger partial charge in [0.2, 0.25) is 5.88 Å². The average Bonchev–Trinajstić information content (AvgIpc) is 2.49. The summed E-state index contributed by atoms with van der Waals surface area (Å²) in [4.78, 5) is 8.44. The number of nitrogens with zero attached hydrogens (tertiary/aromatic N) is 2. The second kappa shape index (κ2) is 4.51. The SMILES string of the molecule is CCOc1cncc(B2OC(C)(C)C(C)(C)O2)n1. The lowest BCUT2D eigenvalue weighted by Crippen LogP contribution is -2.41. The van der Waals surface area contributed by atoms with Gasteiger partial charge in [0.1, 0.15) is 0 Å². The second-order valence-corrected chi connectivity index (χ2v) is 5.30. The number of hydrogen-bond acceptors (Lipinski definition) is 5. The highest BCUT2D eigenvalue weighted by Crippen LogP contribution is 2.36. The zero-order chi connectivity index (χ0) is 13.4. The molecule has 1 aromatic heterocycles. The highest BCUT2D eigenvalue weighted by atomic mass is 16.7. The molecule has 5 nitrogen and oxygen atoms in total. The molecule has 0 unspecified atom stereocenters. The van der Waals surface area contributed by atoms with Crippen LogP contribution in [0, 0.1) is 0 Å². The maximum Gasteiger partial charge on any atom is 0.516 e. The van der Waals surface area contributed by atoms with Gasteiger partial charge in [-0.1, -0.05) is 0 Å². The Balaban J connectivity index is 2.21. The highest BCUT2D eigenvalue weighted by molar-refractivity contribution is 6.61. The van der Waals surface area contributed by atoms with E-state index in [0.717, 1.165) is 0 Å². The number of aromatic nitrogens is 2. The molecular formula is C12H19BN2O3. The van der Waals surface area contributed by atoms with Crippen LogP contribution in [0.2, 0.25) is 0 Å². The Morgan fingerprint density at radius 2 is 1.78 bits per heavy atom. The standard InChI is InChI=1S/C12H19BN2O3/c1-6-16-10-8-14-7-9(15-10)13-17-11(2,3)12(4,5)18-13/h7-8H,6H2,1-5H3. The Hall–Kier alpha value is -1.14. The summed E-state index contributed by atoms with van der Waals surface area (Å²) in [6.07, 6.45) is 3.23. The Bertz CT molecular complexity index is 421. The molecular weight excluding hydrogens is 231 g/mol. The lowest BCUT2D eigenvalue weighted by atomic mass is 9.85. The molecule has 0 amide bonds. The van der Waals surface area contributed by atoms with Crippen molar-refractivity contribution < 1.29 is 14.0 Å². The van der Waals surface area contributed by atoms with Crippen molar-refractivity contribution in [3.63, 3.8) is 0 Å². The van der Waals surface area contributed by atoms with Crippen molar-refractivity contribution in [2.45, 2.75) is 45.8 Å². The summed E-state index contributed by atoms with van der Waals surface area (Å²) in [5, 5.41) is 0. The van der Waals surface area contributed by atoms with Gasteiger partial charge in [-0.2, -0.15) is 0 Å². The monoisotopic (exact) mass is 250 g/mol. The van der Waals surface area contributed by atoms with Gasteiger partial charge in [-0.05, 0) is 34.6 Å². The molecule has 18 heavy (non-hydrogen) atoms. The molecule has 0 spiro atoms. The van der Waals surface area contributed by atoms with E-state index in [2.05, 4.69) is 9.97 Å². The van der Waals surface area contributed by atoms with E-state index < -0.39 is 7.12 Å². The van der Waals surface area contributed by atoms with E-state index in [0.29, 0.717) is 18.1 Å². The third-order valence-electron chi connectivity index (χ3n) is 3.42. The molecule has 0 bridgehead atoms. The summed E-state index contributed by atoms with van der Waals surface area (Å²) >= 11 is 0. The third kappa shape index (κ3) is 2.35. The van der Waals surface area contributed by atoms with Gasteiger partial charge < -0.3 is 14.0 Å². The van der Waals surface area contributed by atoms with E-state index in [-0.39, 0.29) is 11.2 Å². The first-order chi connectivity index (χ1) is 8.36. The summed E-state index contributed by atoms with van der Waals surface area (Å²) in [7, 11) is -0.497. The molecule has 98 valence electrons. The lowest BCUT2D eigenvalue weighted by Gasteiger charge is -2.32. The van der Waals surface area contributed by atoms with E-state index in [9.17, 15) is 0 Å². The fourth-order valence-corrected chi connectivity index (χ4v) is 1.66. The van der Waals surface area contributed by atoms with Gasteiger partial charge in [0.15, 0.2) is 0 Å². The third-order valence-corrected chi connectivity index (χ3v) is 3.42. The fourth-order valence-electron chi connectivity index (χ4n) is 1.66. The van der Waals surface area contributed by atoms with Crippen LogP contribution < -0.4 is 10.3 Å². The molecule has 0 aromatic carbocycles. The van der Waals surface area contributed by atoms with Gasteiger partial charge in [0.25, 0.3) is 0 Å². The lowest BCUT2D eigenvalue weighted by molar-refractivity contribution is 0.00578. The van der Waals surface area contributed by atoms with Crippen LogP contribution in [0.15, 0.2) is 12.4 Å². The first-order valence-electron chi connectivity index (χ1n) is 6.16. The Morgan fingerprint density at radius 3 is 2.33 bits per heavy atom. The average molecular weight is 250 g/mol. The molecule has 0 radical (unpaired) electrons. The molecule has 0 atom stereocenters. The van der Waals surface area contributed by atoms with Crippen molar-refractivity contribution in [3.05, 3.63) is 12.4 Å². The Morgan fingerprint density at radius 1 is 1.17 bits per heavy atom. The number of rotatable bonds is 3. The molecule has 2 heterocycles. The van der Waals surface area contributed by atoms with Crippen molar-refractivity contribution >= 4 is 12.7 Å². The summed E-state index contributed by atoms with van der Waals surface area (Å²) in [6.45, 7) is 10.5. The van der Waals surface area contributed by atoms with Crippen LogP contribution in [-0.4, -0.2) is 34.9 Å². The van der Waals surface area contributed by atoms with Crippen LogP contribution in [0.3, 0.4) is 0 Å². The topological polar surface area (TPSA) is 53.5 Å². The molecule has 2 rings (SSSR count). The van der Waals surface area contributed by atoms with Crippen LogP contribution in [0.4, 0.5) is 0 Å². The van der Waals surface area contributed by atoms with Crippen LogP contribution in [-0.2, 0) is 9.31 Å². The Labute approximate surface area is 108 Å². The van der Waals surface area contributed by atoms with Crippen LogP contribution in [0.1, 0.15) is 34.6 Å². The van der Waals surface area contributed by atoms with Gasteiger partial charge in [0.05, 0.1) is 29.6 Å².